The number of fused-ring (bicyclic) bond motifs is 1. The molecular weight excluding hydrogens is 629 g/mol. The van der Waals surface area contributed by atoms with Crippen molar-refractivity contribution < 1.29 is 34.0 Å². The van der Waals surface area contributed by atoms with Crippen molar-refractivity contribution in [1.29, 1.82) is 0 Å². The summed E-state index contributed by atoms with van der Waals surface area (Å²) in [7, 11) is 0. The molecule has 9 nitrogen and oxygen atoms in total. The maximum absolute atomic E-state index is 13.0. The number of aryl methyl sites for hydroxylation is 1. The van der Waals surface area contributed by atoms with Gasteiger partial charge in [0.1, 0.15) is 23.7 Å². The molecule has 2 aliphatic rings. The number of hydrogen-bond donors (Lipinski definition) is 2. The first-order chi connectivity index (χ1) is 19.6. The number of pyridine rings is 1. The van der Waals surface area contributed by atoms with Gasteiger partial charge < -0.3 is 20.3 Å². The third-order valence-electron chi connectivity index (χ3n) is 6.39. The van der Waals surface area contributed by atoms with E-state index in [9.17, 15) is 29.4 Å². The van der Waals surface area contributed by atoms with E-state index in [0.717, 1.165) is 24.3 Å². The van der Waals surface area contributed by atoms with Crippen LogP contribution in [0.3, 0.4) is 0 Å². The van der Waals surface area contributed by atoms with Crippen molar-refractivity contribution in [2.24, 2.45) is 0 Å². The van der Waals surface area contributed by atoms with Gasteiger partial charge in [0.25, 0.3) is 5.91 Å². The first-order valence-electron chi connectivity index (χ1n) is 12.7. The van der Waals surface area contributed by atoms with Crippen LogP contribution in [-0.4, -0.2) is 62.4 Å². The highest BCUT2D eigenvalue weighted by Gasteiger charge is 2.54. The highest BCUT2D eigenvalue weighted by molar-refractivity contribution is 8.01. The van der Waals surface area contributed by atoms with Gasteiger partial charge in [-0.3, -0.25) is 14.5 Å². The number of rotatable bonds is 14. The molecular formula is C27H27Cl2N3O6S3. The molecule has 0 radical (unpaired) electrons. The number of carboxylic acids is 2. The van der Waals surface area contributed by atoms with Crippen LogP contribution >= 0.6 is 58.5 Å². The zero-order chi connectivity index (χ0) is 29.5. The molecule has 0 unspecified atom stereocenters. The molecule has 4 rings (SSSR count). The molecule has 2 aliphatic heterocycles. The minimum Gasteiger partial charge on any atom is -0.550 e. The average molecular weight is 657 g/mol. The van der Waals surface area contributed by atoms with Crippen LogP contribution in [0, 0.1) is 0 Å². The number of hydrogen-bond acceptors (Lipinski definition) is 8. The number of nitrogens with one attached hydrogen (secondary N) is 1. The van der Waals surface area contributed by atoms with Crippen LogP contribution in [0.25, 0.3) is 0 Å². The van der Waals surface area contributed by atoms with E-state index in [0.29, 0.717) is 38.4 Å². The largest absolute Gasteiger partial charge is 0.550 e. The molecule has 1 aromatic carbocycles. The molecule has 3 heterocycles. The number of carbonyl (C=O) groups is 4. The smallest absolute Gasteiger partial charge is 0.352 e. The van der Waals surface area contributed by atoms with Gasteiger partial charge in [-0.25, -0.2) is 9.36 Å². The van der Waals surface area contributed by atoms with Gasteiger partial charge in [-0.05, 0) is 43.0 Å². The molecule has 2 atom stereocenters. The number of amides is 2. The van der Waals surface area contributed by atoms with Crippen LogP contribution in [-0.2, 0) is 25.7 Å². The van der Waals surface area contributed by atoms with Crippen LogP contribution in [0.2, 0.25) is 10.0 Å². The molecule has 0 saturated carbocycles. The predicted molar refractivity (Wildman–Crippen MR) is 158 cm³/mol. The highest BCUT2D eigenvalue weighted by Crippen LogP contribution is 2.41. The summed E-state index contributed by atoms with van der Waals surface area (Å²) in [5.74, 6) is -2.12. The fourth-order valence-electron chi connectivity index (χ4n) is 4.34. The zero-order valence-corrected chi connectivity index (χ0v) is 25.7. The zero-order valence-electron chi connectivity index (χ0n) is 21.7. The Morgan fingerprint density at radius 1 is 1.12 bits per heavy atom. The molecule has 2 amide bonds. The first kappa shape index (κ1) is 31.6. The summed E-state index contributed by atoms with van der Waals surface area (Å²) in [5, 5.41) is 23.7. The monoisotopic (exact) mass is 655 g/mol. The fourth-order valence-corrected chi connectivity index (χ4v) is 8.01. The number of aliphatic carboxylic acids is 2. The van der Waals surface area contributed by atoms with Crippen LogP contribution in [0.5, 0.6) is 0 Å². The first-order valence-corrected chi connectivity index (χ1v) is 16.5. The number of halogens is 2. The van der Waals surface area contributed by atoms with Gasteiger partial charge in [0.05, 0.1) is 10.8 Å². The molecule has 1 aromatic heterocycles. The summed E-state index contributed by atoms with van der Waals surface area (Å²) in [6.45, 7) is 0.770. The van der Waals surface area contributed by atoms with Crippen molar-refractivity contribution in [2.75, 3.05) is 17.3 Å². The summed E-state index contributed by atoms with van der Waals surface area (Å²) in [6, 6.07) is 8.06. The van der Waals surface area contributed by atoms with Crippen molar-refractivity contribution >= 4 is 82.2 Å². The molecule has 0 bridgehead atoms. The Labute approximate surface area is 260 Å². The molecule has 0 spiro atoms. The Bertz CT molecular complexity index is 1360. The lowest BCUT2D eigenvalue weighted by atomic mass is 10.0. The molecule has 1 saturated heterocycles. The summed E-state index contributed by atoms with van der Waals surface area (Å²) in [6.07, 6.45) is 6.21. The molecule has 14 heteroatoms. The number of unbranched alkanes of at least 4 members (excludes halogenated alkanes) is 2. The Hall–Kier alpha value is -2.38. The van der Waals surface area contributed by atoms with E-state index >= 15 is 0 Å². The fraction of sp³-hybridized carbons (Fsp3) is 0.370. The maximum atomic E-state index is 13.0. The summed E-state index contributed by atoms with van der Waals surface area (Å²) >= 11 is 16.3. The highest BCUT2D eigenvalue weighted by atomic mass is 35.5. The van der Waals surface area contributed by atoms with Crippen LogP contribution in [0.1, 0.15) is 25.7 Å². The second kappa shape index (κ2) is 14.7. The lowest BCUT2D eigenvalue weighted by Crippen LogP contribution is -2.70. The molecule has 2 N–H and O–H groups in total. The number of thioether (sulfide) groups is 3. The average Bonchev–Trinajstić information content (AvgIpc) is 2.94. The standard InChI is InChI=1S/C27H27Cl2N3O6S3/c28-17-5-6-19(29)20(12-17)40-15-21(33)30-23-25(36)32-24(27(37)38)16(14-41-26(23)32)13-39-18-7-10-31(11-8-18)9-3-1-2-4-22(34)35/h5-8,10-12,23,26H,1-4,9,13-15H2,(H2-,30,33,34,35,37,38)/t23-,26-/m1/s1. The Balaban J connectivity index is 1.29. The van der Waals surface area contributed by atoms with E-state index in [2.05, 4.69) is 5.32 Å². The van der Waals surface area contributed by atoms with Gasteiger partial charge in [0.15, 0.2) is 12.4 Å². The van der Waals surface area contributed by atoms with E-state index in [1.165, 1.54) is 40.2 Å². The summed E-state index contributed by atoms with van der Waals surface area (Å²) < 4.78 is 2.02. The van der Waals surface area contributed by atoms with Crippen LogP contribution in [0.4, 0.5) is 0 Å². The van der Waals surface area contributed by atoms with Crippen LogP contribution < -0.4 is 15.0 Å². The van der Waals surface area contributed by atoms with Crippen molar-refractivity contribution in [3.05, 3.63) is 64.0 Å². The van der Waals surface area contributed by atoms with E-state index in [1.54, 1.807) is 18.2 Å². The number of nitrogens with zero attached hydrogens (tertiary/aromatic N) is 2. The van der Waals surface area contributed by atoms with E-state index in [4.69, 9.17) is 23.2 Å². The van der Waals surface area contributed by atoms with Gasteiger partial charge >= 0.3 is 5.97 Å². The summed E-state index contributed by atoms with van der Waals surface area (Å²) in [4.78, 5) is 51.1. The Morgan fingerprint density at radius 2 is 1.88 bits per heavy atom. The number of carbonyl (C=O) groups excluding carboxylic acids is 3. The molecule has 1 fully saturated rings. The second-order valence-electron chi connectivity index (χ2n) is 9.32. The van der Waals surface area contributed by atoms with Crippen molar-refractivity contribution in [2.45, 2.75) is 53.4 Å². The van der Waals surface area contributed by atoms with E-state index in [1.807, 2.05) is 29.1 Å². The molecule has 218 valence electrons. The van der Waals surface area contributed by atoms with Gasteiger partial charge in [0.2, 0.25) is 5.91 Å². The minimum absolute atomic E-state index is 0.0145. The van der Waals surface area contributed by atoms with E-state index < -0.39 is 29.3 Å². The van der Waals surface area contributed by atoms with Crippen molar-refractivity contribution in [3.63, 3.8) is 0 Å². The molecule has 2 aromatic rings. The lowest BCUT2D eigenvalue weighted by Gasteiger charge is -2.49. The summed E-state index contributed by atoms with van der Waals surface area (Å²) in [5.41, 5.74) is 0.636. The van der Waals surface area contributed by atoms with Gasteiger partial charge in [0, 0.05) is 50.8 Å². The maximum Gasteiger partial charge on any atom is 0.352 e. The Kier molecular flexibility index (Phi) is 11.3. The predicted octanol–water partition coefficient (Wildman–Crippen LogP) is 3.21. The van der Waals surface area contributed by atoms with Gasteiger partial charge in [-0.1, -0.05) is 23.2 Å². The molecule has 0 aliphatic carbocycles. The number of carboxylic acid groups (broad SMARTS) is 2. The number of β-lactam (4-membered cyclic amide) rings is 1. The topological polar surface area (TPSA) is 131 Å². The molecule has 41 heavy (non-hydrogen) atoms. The lowest BCUT2D eigenvalue weighted by molar-refractivity contribution is -0.697. The third kappa shape index (κ3) is 8.35. The van der Waals surface area contributed by atoms with Crippen molar-refractivity contribution in [3.8, 4) is 0 Å². The van der Waals surface area contributed by atoms with Crippen molar-refractivity contribution in [1.82, 2.24) is 10.2 Å². The third-order valence-corrected chi connectivity index (χ3v) is 10.6. The quantitative estimate of drug-likeness (QED) is 0.136. The SMILES string of the molecule is O=C([O-])CCCCC[n+]1ccc(SCC2=C(C(=O)O)N3C(=O)[C@@H](NC(=O)CSc4cc(Cl)ccc4Cl)[C@H]3SC2)cc1. The van der Waals surface area contributed by atoms with Gasteiger partial charge in [-0.15, -0.1) is 35.3 Å². The normalized spacial score (nSPS) is 18.1. The Morgan fingerprint density at radius 3 is 2.59 bits per heavy atom. The minimum atomic E-state index is -1.17. The van der Waals surface area contributed by atoms with Gasteiger partial charge in [-0.2, -0.15) is 0 Å². The number of benzene rings is 1. The second-order valence-corrected chi connectivity index (χ2v) is 13.3. The van der Waals surface area contributed by atoms with E-state index in [-0.39, 0.29) is 23.8 Å². The number of aromatic nitrogens is 1. The van der Waals surface area contributed by atoms with Crippen LogP contribution in [0.15, 0.2) is 63.8 Å².